The third kappa shape index (κ3) is 37.2. The number of rotatable bonds is 2. The van der Waals surface area contributed by atoms with E-state index >= 15 is 0 Å². The summed E-state index contributed by atoms with van der Waals surface area (Å²) in [7, 11) is 0. The molecule has 0 aliphatic rings. The lowest BCUT2D eigenvalue weighted by molar-refractivity contribution is 0.503. The van der Waals surface area contributed by atoms with Crippen LogP contribution in [0.4, 0.5) is 0 Å². The first-order chi connectivity index (χ1) is 10.9. The number of hydrogen-bond acceptors (Lipinski definition) is 0. The van der Waals surface area contributed by atoms with Gasteiger partial charge in [0.25, 0.3) is 0 Å². The van der Waals surface area contributed by atoms with Crippen molar-refractivity contribution in [2.75, 3.05) is 0 Å². The molecule has 0 aromatic rings. The van der Waals surface area contributed by atoms with E-state index in [1.165, 1.54) is 11.1 Å². The summed E-state index contributed by atoms with van der Waals surface area (Å²) in [6.45, 7) is 37.7. The van der Waals surface area contributed by atoms with Crippen LogP contribution in [0.1, 0.15) is 90.0 Å². The monoisotopic (exact) mass is 336 g/mol. The minimum Gasteiger partial charge on any atom is -0.0988 e. The van der Waals surface area contributed by atoms with E-state index in [0.717, 1.165) is 11.1 Å². The highest BCUT2D eigenvalue weighted by molar-refractivity contribution is 5.22. The first-order valence-corrected chi connectivity index (χ1v) is 9.14. The maximum absolute atomic E-state index is 3.76. The molecule has 0 heteroatoms. The van der Waals surface area contributed by atoms with E-state index in [4.69, 9.17) is 0 Å². The maximum atomic E-state index is 3.76. The standard InChI is InChI=1S/C8H16.C7H12.C5H8.2C2H6/c1-6-7(2)8(3,4)5;1-5-7(4)6(2)3;1-4-5(2)3;2*1-2/h6H,1-5H3;5H,2H2,1,3-4H3;4H,1-2H2,3H3;2*1-2H3/b7-6+;7-5+;;;. The molecule has 0 fully saturated rings. The van der Waals surface area contributed by atoms with Gasteiger partial charge in [0, 0.05) is 0 Å². The van der Waals surface area contributed by atoms with Crippen LogP contribution in [0, 0.1) is 5.41 Å². The highest BCUT2D eigenvalue weighted by atomic mass is 14.2. The predicted molar refractivity (Wildman–Crippen MR) is 121 cm³/mol. The molecule has 0 unspecified atom stereocenters. The average molecular weight is 337 g/mol. The van der Waals surface area contributed by atoms with E-state index in [2.05, 4.69) is 73.4 Å². The van der Waals surface area contributed by atoms with Gasteiger partial charge in [-0.1, -0.05) is 109 Å². The lowest BCUT2D eigenvalue weighted by atomic mass is 9.88. The molecule has 0 aliphatic carbocycles. The molecule has 0 amide bonds. The smallest absolute Gasteiger partial charge is 0.0176 e. The summed E-state index contributed by atoms with van der Waals surface area (Å²) in [5.74, 6) is 0. The summed E-state index contributed by atoms with van der Waals surface area (Å²) in [6.07, 6.45) is 5.95. The summed E-state index contributed by atoms with van der Waals surface area (Å²) in [4.78, 5) is 0. The van der Waals surface area contributed by atoms with Crippen LogP contribution < -0.4 is 0 Å². The van der Waals surface area contributed by atoms with Crippen molar-refractivity contribution in [3.8, 4) is 0 Å². The highest BCUT2D eigenvalue weighted by Crippen LogP contribution is 2.23. The van der Waals surface area contributed by atoms with Gasteiger partial charge in [0.2, 0.25) is 0 Å². The van der Waals surface area contributed by atoms with Crippen molar-refractivity contribution in [3.05, 3.63) is 60.3 Å². The Bertz CT molecular complexity index is 354. The van der Waals surface area contributed by atoms with Gasteiger partial charge in [-0.15, -0.1) is 0 Å². The van der Waals surface area contributed by atoms with E-state index < -0.39 is 0 Å². The summed E-state index contributed by atoms with van der Waals surface area (Å²) in [5, 5.41) is 0. The minimum absolute atomic E-state index is 0.370. The molecule has 0 heterocycles. The second kappa shape index (κ2) is 24.0. The van der Waals surface area contributed by atoms with E-state index in [1.807, 2.05) is 48.5 Å². The summed E-state index contributed by atoms with van der Waals surface area (Å²) in [5.41, 5.74) is 5.28. The Morgan fingerprint density at radius 3 is 1.04 bits per heavy atom. The van der Waals surface area contributed by atoms with Gasteiger partial charge >= 0.3 is 0 Å². The van der Waals surface area contributed by atoms with Crippen LogP contribution in [0.25, 0.3) is 0 Å². The van der Waals surface area contributed by atoms with Crippen molar-refractivity contribution >= 4 is 0 Å². The first kappa shape index (κ1) is 34.1. The Morgan fingerprint density at radius 2 is 1.04 bits per heavy atom. The molecule has 0 bridgehead atoms. The Balaban J connectivity index is -0.0000000692. The molecule has 0 atom stereocenters. The molecular formula is C24H48. The Kier molecular flexibility index (Phi) is 34.1. The predicted octanol–water partition coefficient (Wildman–Crippen LogP) is 9.33. The van der Waals surface area contributed by atoms with E-state index in [9.17, 15) is 0 Å². The molecule has 0 radical (unpaired) electrons. The van der Waals surface area contributed by atoms with Crippen LogP contribution in [-0.4, -0.2) is 0 Å². The van der Waals surface area contributed by atoms with E-state index in [1.54, 1.807) is 6.08 Å². The van der Waals surface area contributed by atoms with Crippen LogP contribution in [0.2, 0.25) is 0 Å². The molecule has 0 aliphatic heterocycles. The molecule has 0 spiro atoms. The Labute approximate surface area is 156 Å². The van der Waals surface area contributed by atoms with Crippen LogP contribution >= 0.6 is 0 Å². The quantitative estimate of drug-likeness (QED) is 0.348. The van der Waals surface area contributed by atoms with Gasteiger partial charge in [-0.2, -0.15) is 0 Å². The van der Waals surface area contributed by atoms with Crippen LogP contribution in [-0.2, 0) is 0 Å². The van der Waals surface area contributed by atoms with Crippen LogP contribution in [0.3, 0.4) is 0 Å². The summed E-state index contributed by atoms with van der Waals surface area (Å²) < 4.78 is 0. The minimum atomic E-state index is 0.370. The van der Waals surface area contributed by atoms with Crippen molar-refractivity contribution in [1.82, 2.24) is 0 Å². The lowest BCUT2D eigenvalue weighted by Gasteiger charge is -2.18. The zero-order valence-electron chi connectivity index (χ0n) is 19.4. The van der Waals surface area contributed by atoms with Gasteiger partial charge in [-0.05, 0) is 47.0 Å². The van der Waals surface area contributed by atoms with Gasteiger partial charge in [0.05, 0.1) is 0 Å². The van der Waals surface area contributed by atoms with Gasteiger partial charge in [0.15, 0.2) is 0 Å². The molecule has 0 rings (SSSR count). The van der Waals surface area contributed by atoms with Crippen molar-refractivity contribution < 1.29 is 0 Å². The maximum Gasteiger partial charge on any atom is -0.0176 e. The molecule has 24 heavy (non-hydrogen) atoms. The van der Waals surface area contributed by atoms with Crippen LogP contribution in [0.15, 0.2) is 60.3 Å². The van der Waals surface area contributed by atoms with Gasteiger partial charge in [0.1, 0.15) is 0 Å². The fraction of sp³-hybridized carbons (Fsp3) is 0.583. The molecule has 0 nitrogen and oxygen atoms in total. The second-order valence-corrected chi connectivity index (χ2v) is 6.02. The lowest BCUT2D eigenvalue weighted by Crippen LogP contribution is -2.05. The molecule has 144 valence electrons. The van der Waals surface area contributed by atoms with Crippen molar-refractivity contribution in [2.45, 2.75) is 90.0 Å². The number of allylic oxidation sites excluding steroid dienone is 7. The average Bonchev–Trinajstić information content (AvgIpc) is 2.56. The third-order valence-electron chi connectivity index (χ3n) is 3.07. The Morgan fingerprint density at radius 1 is 0.750 bits per heavy atom. The molecular weight excluding hydrogens is 288 g/mol. The van der Waals surface area contributed by atoms with E-state index in [0.29, 0.717) is 5.41 Å². The molecule has 0 saturated carbocycles. The second-order valence-electron chi connectivity index (χ2n) is 6.02. The van der Waals surface area contributed by atoms with Crippen molar-refractivity contribution in [2.24, 2.45) is 5.41 Å². The largest absolute Gasteiger partial charge is 0.0988 e. The molecule has 0 N–H and O–H groups in total. The zero-order valence-corrected chi connectivity index (χ0v) is 19.4. The van der Waals surface area contributed by atoms with Crippen molar-refractivity contribution in [3.63, 3.8) is 0 Å². The van der Waals surface area contributed by atoms with E-state index in [-0.39, 0.29) is 0 Å². The number of hydrogen-bond donors (Lipinski definition) is 0. The fourth-order valence-electron chi connectivity index (χ4n) is 0.679. The fourth-order valence-corrected chi connectivity index (χ4v) is 0.679. The normalized spacial score (nSPS) is 10.0. The SMILES string of the molecule is C/C=C(\C)C(C)(C)C.C=C(C)/C(C)=C/C.C=CC(=C)C.CC.CC. The molecule has 0 aromatic carbocycles. The first-order valence-electron chi connectivity index (χ1n) is 9.14. The van der Waals surface area contributed by atoms with Gasteiger partial charge in [-0.3, -0.25) is 0 Å². The highest BCUT2D eigenvalue weighted by Gasteiger charge is 2.09. The zero-order chi connectivity index (χ0) is 20.9. The van der Waals surface area contributed by atoms with Gasteiger partial charge in [-0.25, -0.2) is 0 Å². The topological polar surface area (TPSA) is 0 Å². The molecule has 0 saturated heterocycles. The molecule has 0 aromatic heterocycles. The third-order valence-corrected chi connectivity index (χ3v) is 3.07. The Hall–Kier alpha value is -1.30. The van der Waals surface area contributed by atoms with Crippen LogP contribution in [0.5, 0.6) is 0 Å². The van der Waals surface area contributed by atoms with Crippen molar-refractivity contribution in [1.29, 1.82) is 0 Å². The van der Waals surface area contributed by atoms with Gasteiger partial charge < -0.3 is 0 Å². The summed E-state index contributed by atoms with van der Waals surface area (Å²) in [6, 6.07) is 0. The summed E-state index contributed by atoms with van der Waals surface area (Å²) >= 11 is 0.